The predicted molar refractivity (Wildman–Crippen MR) is 81.3 cm³/mol. The van der Waals surface area contributed by atoms with Crippen LogP contribution in [0.5, 0.6) is 0 Å². The first-order valence-corrected chi connectivity index (χ1v) is 7.94. The van der Waals surface area contributed by atoms with Gasteiger partial charge in [0.05, 0.1) is 18.1 Å². The Bertz CT molecular complexity index is 702. The van der Waals surface area contributed by atoms with Crippen molar-refractivity contribution >= 4 is 37.6 Å². The van der Waals surface area contributed by atoms with Crippen molar-refractivity contribution < 1.29 is 8.42 Å². The van der Waals surface area contributed by atoms with Crippen LogP contribution < -0.4 is 9.62 Å². The molecule has 2 rings (SSSR count). The van der Waals surface area contributed by atoms with E-state index in [1.807, 2.05) is 0 Å². The maximum Gasteiger partial charge on any atom is 0.263 e. The molecule has 6 nitrogen and oxygen atoms in total. The Morgan fingerprint density at radius 3 is 2.30 bits per heavy atom. The summed E-state index contributed by atoms with van der Waals surface area (Å²) in [6.45, 7) is 0. The van der Waals surface area contributed by atoms with Gasteiger partial charge in [-0.3, -0.25) is 4.72 Å². The summed E-state index contributed by atoms with van der Waals surface area (Å²) < 4.78 is 27.4. The van der Waals surface area contributed by atoms with Gasteiger partial charge in [-0.05, 0) is 28.1 Å². The molecule has 0 spiro atoms. The summed E-state index contributed by atoms with van der Waals surface area (Å²) >= 11 is 3.22. The number of hydrogen-bond donors (Lipinski definition) is 1. The molecule has 0 radical (unpaired) electrons. The molecule has 0 unspecified atom stereocenters. The Morgan fingerprint density at radius 2 is 1.75 bits per heavy atom. The normalized spacial score (nSPS) is 11.2. The Balaban J connectivity index is 2.27. The first-order valence-electron chi connectivity index (χ1n) is 5.67. The van der Waals surface area contributed by atoms with Crippen molar-refractivity contribution in [1.82, 2.24) is 9.97 Å². The molecular formula is C12H13BrN4O2S. The average molecular weight is 357 g/mol. The molecule has 0 bridgehead atoms. The lowest BCUT2D eigenvalue weighted by Crippen LogP contribution is -2.16. The van der Waals surface area contributed by atoms with E-state index in [-0.39, 0.29) is 4.90 Å². The molecule has 1 N–H and O–H groups in total. The molecule has 106 valence electrons. The van der Waals surface area contributed by atoms with Crippen LogP contribution in [0.25, 0.3) is 0 Å². The van der Waals surface area contributed by atoms with Gasteiger partial charge in [-0.25, -0.2) is 18.4 Å². The van der Waals surface area contributed by atoms with Crippen molar-refractivity contribution in [1.29, 1.82) is 0 Å². The molecule has 0 saturated heterocycles. The van der Waals surface area contributed by atoms with E-state index >= 15 is 0 Å². The highest BCUT2D eigenvalue weighted by molar-refractivity contribution is 9.10. The zero-order chi connectivity index (χ0) is 14.8. The lowest BCUT2D eigenvalue weighted by molar-refractivity contribution is 0.600. The van der Waals surface area contributed by atoms with Crippen LogP contribution in [0.3, 0.4) is 0 Å². The maximum absolute atomic E-state index is 12.2. The quantitative estimate of drug-likeness (QED) is 0.907. The van der Waals surface area contributed by atoms with Crippen LogP contribution in [-0.4, -0.2) is 32.5 Å². The third-order valence-electron chi connectivity index (χ3n) is 2.42. The van der Waals surface area contributed by atoms with Crippen LogP contribution >= 0.6 is 15.9 Å². The molecule has 0 saturated carbocycles. The minimum Gasteiger partial charge on any atom is -0.347 e. The van der Waals surface area contributed by atoms with Crippen LogP contribution in [0.2, 0.25) is 0 Å². The van der Waals surface area contributed by atoms with Crippen LogP contribution in [-0.2, 0) is 10.0 Å². The molecule has 1 heterocycles. The Kier molecular flexibility index (Phi) is 4.24. The molecule has 0 aliphatic carbocycles. The minimum absolute atomic E-state index is 0.164. The summed E-state index contributed by atoms with van der Waals surface area (Å²) in [7, 11) is -0.0560. The molecule has 1 aromatic heterocycles. The largest absolute Gasteiger partial charge is 0.347 e. The molecular weight excluding hydrogens is 344 g/mol. The van der Waals surface area contributed by atoms with Crippen LogP contribution in [0, 0.1) is 0 Å². The van der Waals surface area contributed by atoms with E-state index in [2.05, 4.69) is 30.6 Å². The number of rotatable bonds is 4. The fourth-order valence-electron chi connectivity index (χ4n) is 1.48. The number of hydrogen-bond acceptors (Lipinski definition) is 5. The van der Waals surface area contributed by atoms with Crippen LogP contribution in [0.4, 0.5) is 11.6 Å². The van der Waals surface area contributed by atoms with Crippen molar-refractivity contribution in [2.75, 3.05) is 23.7 Å². The van der Waals surface area contributed by atoms with Crippen LogP contribution in [0.1, 0.15) is 0 Å². The van der Waals surface area contributed by atoms with Gasteiger partial charge in [0.2, 0.25) is 5.95 Å². The van der Waals surface area contributed by atoms with Gasteiger partial charge >= 0.3 is 0 Å². The van der Waals surface area contributed by atoms with E-state index in [0.717, 1.165) is 0 Å². The highest BCUT2D eigenvalue weighted by Crippen LogP contribution is 2.23. The van der Waals surface area contributed by atoms with Gasteiger partial charge in [0.25, 0.3) is 10.0 Å². The van der Waals surface area contributed by atoms with E-state index in [9.17, 15) is 8.42 Å². The minimum atomic E-state index is -3.67. The summed E-state index contributed by atoms with van der Waals surface area (Å²) in [4.78, 5) is 10.0. The predicted octanol–water partition coefficient (Wildman–Crippen LogP) is 2.11. The molecule has 0 fully saturated rings. The van der Waals surface area contributed by atoms with Crippen molar-refractivity contribution in [3.63, 3.8) is 0 Å². The van der Waals surface area contributed by atoms with E-state index in [4.69, 9.17) is 0 Å². The van der Waals surface area contributed by atoms with Crippen molar-refractivity contribution in [2.24, 2.45) is 0 Å². The van der Waals surface area contributed by atoms with Crippen molar-refractivity contribution in [3.05, 3.63) is 41.1 Å². The zero-order valence-corrected chi connectivity index (χ0v) is 13.3. The molecule has 1 aromatic carbocycles. The topological polar surface area (TPSA) is 75.2 Å². The highest BCUT2D eigenvalue weighted by atomic mass is 79.9. The summed E-state index contributed by atoms with van der Waals surface area (Å²) in [5, 5.41) is 0. The summed E-state index contributed by atoms with van der Waals surface area (Å²) in [6.07, 6.45) is 2.85. The van der Waals surface area contributed by atoms with Gasteiger partial charge in [-0.15, -0.1) is 0 Å². The smallest absolute Gasteiger partial charge is 0.263 e. The highest BCUT2D eigenvalue weighted by Gasteiger charge is 2.17. The van der Waals surface area contributed by atoms with Crippen LogP contribution in [0.15, 0.2) is 46.0 Å². The Hall–Kier alpha value is -1.67. The number of aromatic nitrogens is 2. The molecule has 0 aliphatic heterocycles. The first kappa shape index (κ1) is 14.7. The molecule has 2 aromatic rings. The molecule has 0 amide bonds. The third kappa shape index (κ3) is 3.26. The fraction of sp³-hybridized carbons (Fsp3) is 0.167. The number of sulfonamides is 1. The average Bonchev–Trinajstić information content (AvgIpc) is 2.39. The van der Waals surface area contributed by atoms with Gasteiger partial charge in [-0.1, -0.05) is 12.1 Å². The number of anilines is 2. The number of nitrogens with one attached hydrogen (secondary N) is 1. The first-order chi connectivity index (χ1) is 9.40. The Labute approximate surface area is 126 Å². The number of benzene rings is 1. The van der Waals surface area contributed by atoms with Crippen molar-refractivity contribution in [2.45, 2.75) is 4.90 Å². The van der Waals surface area contributed by atoms with Crippen molar-refractivity contribution in [3.8, 4) is 0 Å². The standard InChI is InChI=1S/C12H13BrN4O2S/c1-17(2)12-14-7-9(8-15-12)16-20(18,19)11-6-4-3-5-10(11)13/h3-8,16H,1-2H3. The SMILES string of the molecule is CN(C)c1ncc(NS(=O)(=O)c2ccccc2Br)cn1. The zero-order valence-electron chi connectivity index (χ0n) is 10.9. The number of halogens is 1. The lowest BCUT2D eigenvalue weighted by Gasteiger charge is -2.11. The fourth-order valence-corrected chi connectivity index (χ4v) is 3.51. The van der Waals surface area contributed by atoms with E-state index in [1.165, 1.54) is 18.5 Å². The van der Waals surface area contributed by atoms with E-state index in [0.29, 0.717) is 16.1 Å². The third-order valence-corrected chi connectivity index (χ3v) is 4.81. The maximum atomic E-state index is 12.2. The monoisotopic (exact) mass is 356 g/mol. The van der Waals surface area contributed by atoms with Gasteiger partial charge in [0, 0.05) is 18.6 Å². The van der Waals surface area contributed by atoms with Gasteiger partial charge < -0.3 is 4.90 Å². The second-order valence-corrected chi connectivity index (χ2v) is 6.71. The Morgan fingerprint density at radius 1 is 1.15 bits per heavy atom. The van der Waals surface area contributed by atoms with E-state index < -0.39 is 10.0 Å². The summed E-state index contributed by atoms with van der Waals surface area (Å²) in [5.41, 5.74) is 0.311. The lowest BCUT2D eigenvalue weighted by atomic mass is 10.4. The second kappa shape index (κ2) is 5.76. The van der Waals surface area contributed by atoms with Gasteiger partial charge in [0.15, 0.2) is 0 Å². The summed E-state index contributed by atoms with van der Waals surface area (Å²) in [5.74, 6) is 0.508. The number of nitrogens with zero attached hydrogens (tertiary/aromatic N) is 3. The second-order valence-electron chi connectivity index (χ2n) is 4.20. The van der Waals surface area contributed by atoms with Gasteiger partial charge in [-0.2, -0.15) is 0 Å². The molecule has 20 heavy (non-hydrogen) atoms. The summed E-state index contributed by atoms with van der Waals surface area (Å²) in [6, 6.07) is 6.59. The molecule has 0 aliphatic rings. The molecule has 0 atom stereocenters. The van der Waals surface area contributed by atoms with E-state index in [1.54, 1.807) is 37.2 Å². The molecule has 8 heteroatoms. The van der Waals surface area contributed by atoms with Gasteiger partial charge in [0.1, 0.15) is 4.90 Å².